The lowest BCUT2D eigenvalue weighted by Gasteiger charge is -2.20. The van der Waals surface area contributed by atoms with Gasteiger partial charge in [0.25, 0.3) is 5.69 Å². The topological polar surface area (TPSA) is 105 Å². The third-order valence-electron chi connectivity index (χ3n) is 3.85. The molecule has 10 heteroatoms. The van der Waals surface area contributed by atoms with Gasteiger partial charge in [-0.3, -0.25) is 10.1 Å². The van der Waals surface area contributed by atoms with Crippen LogP contribution in [0.5, 0.6) is 5.75 Å². The fraction of sp³-hybridized carbons (Fsp3) is 0.188. The predicted molar refractivity (Wildman–Crippen MR) is 93.4 cm³/mol. The van der Waals surface area contributed by atoms with Crippen molar-refractivity contribution in [3.63, 3.8) is 0 Å². The number of nitro groups is 1. The largest absolute Gasteiger partial charge is 0.467 e. The molecule has 0 radical (unpaired) electrons. The monoisotopic (exact) mass is 417 g/mol. The lowest BCUT2D eigenvalue weighted by atomic mass is 10.1. The molecule has 1 aliphatic heterocycles. The van der Waals surface area contributed by atoms with Gasteiger partial charge in [0.2, 0.25) is 5.82 Å². The van der Waals surface area contributed by atoms with Crippen molar-refractivity contribution in [1.29, 1.82) is 0 Å². The Bertz CT molecular complexity index is 973. The van der Waals surface area contributed by atoms with E-state index in [1.165, 1.54) is 16.9 Å². The minimum atomic E-state index is -0.444. The van der Waals surface area contributed by atoms with Crippen LogP contribution in [-0.2, 0) is 17.9 Å². The Morgan fingerprint density at radius 3 is 2.85 bits per heavy atom. The van der Waals surface area contributed by atoms with E-state index in [9.17, 15) is 10.1 Å². The van der Waals surface area contributed by atoms with Crippen LogP contribution in [0, 0.1) is 10.1 Å². The summed E-state index contributed by atoms with van der Waals surface area (Å²) in [7, 11) is 0. The summed E-state index contributed by atoms with van der Waals surface area (Å²) in [5, 5.41) is 23.6. The smallest absolute Gasteiger partial charge is 0.270 e. The zero-order valence-electron chi connectivity index (χ0n) is 13.3. The molecule has 4 rings (SSSR count). The van der Waals surface area contributed by atoms with Crippen molar-refractivity contribution in [2.75, 3.05) is 6.79 Å². The summed E-state index contributed by atoms with van der Waals surface area (Å²) in [6.45, 7) is 0.569. The Balaban J connectivity index is 1.66. The van der Waals surface area contributed by atoms with Gasteiger partial charge in [-0.05, 0) is 29.5 Å². The first kappa shape index (κ1) is 16.6. The third kappa shape index (κ3) is 3.28. The molecule has 0 bridgehead atoms. The van der Waals surface area contributed by atoms with E-state index in [1.807, 2.05) is 24.3 Å². The maximum absolute atomic E-state index is 11.2. The molecule has 0 amide bonds. The quantitative estimate of drug-likeness (QED) is 0.474. The van der Waals surface area contributed by atoms with Gasteiger partial charge in [-0.15, -0.1) is 10.2 Å². The van der Waals surface area contributed by atoms with Gasteiger partial charge in [-0.2, -0.15) is 4.80 Å². The van der Waals surface area contributed by atoms with Crippen LogP contribution < -0.4 is 4.74 Å². The summed E-state index contributed by atoms with van der Waals surface area (Å²) >= 11 is 3.38. The maximum Gasteiger partial charge on any atom is 0.270 e. The second kappa shape index (κ2) is 6.81. The van der Waals surface area contributed by atoms with E-state index >= 15 is 0 Å². The molecule has 3 aromatic rings. The van der Waals surface area contributed by atoms with Crippen LogP contribution in [-0.4, -0.2) is 31.9 Å². The van der Waals surface area contributed by atoms with E-state index in [-0.39, 0.29) is 25.6 Å². The number of hydrogen-bond acceptors (Lipinski definition) is 7. The molecule has 0 atom stereocenters. The Hall–Kier alpha value is -2.85. The first-order valence-electron chi connectivity index (χ1n) is 7.64. The van der Waals surface area contributed by atoms with E-state index in [4.69, 9.17) is 9.47 Å². The number of non-ortho nitro benzene ring substituents is 1. The fourth-order valence-corrected chi connectivity index (χ4v) is 2.95. The fourth-order valence-electron chi connectivity index (χ4n) is 2.68. The van der Waals surface area contributed by atoms with Crippen LogP contribution in [0.25, 0.3) is 11.4 Å². The second-order valence-corrected chi connectivity index (χ2v) is 6.53. The number of tetrazole rings is 1. The van der Waals surface area contributed by atoms with Crippen molar-refractivity contribution in [2.24, 2.45) is 0 Å². The predicted octanol–water partition coefficient (Wildman–Crippen LogP) is 2.93. The van der Waals surface area contributed by atoms with Gasteiger partial charge >= 0.3 is 0 Å². The molecular weight excluding hydrogens is 406 g/mol. The van der Waals surface area contributed by atoms with Crippen LogP contribution in [0.2, 0.25) is 0 Å². The average molecular weight is 418 g/mol. The Labute approximate surface area is 155 Å². The van der Waals surface area contributed by atoms with Gasteiger partial charge in [0.15, 0.2) is 6.79 Å². The summed E-state index contributed by atoms with van der Waals surface area (Å²) in [6, 6.07) is 10.5. The number of aromatic nitrogens is 4. The third-order valence-corrected chi connectivity index (χ3v) is 4.38. The highest BCUT2D eigenvalue weighted by Gasteiger charge is 2.21. The van der Waals surface area contributed by atoms with Gasteiger partial charge in [0.05, 0.1) is 18.1 Å². The summed E-state index contributed by atoms with van der Waals surface area (Å²) in [5.41, 5.74) is 2.04. The Morgan fingerprint density at radius 2 is 2.08 bits per heavy atom. The lowest BCUT2D eigenvalue weighted by Crippen LogP contribution is -2.15. The SMILES string of the molecule is O=[N+]([O-])c1cc2c(c(Cn3nnc(-c4ccc(Br)cc4)n3)c1)OCOC2. The van der Waals surface area contributed by atoms with Crippen molar-refractivity contribution in [3.05, 3.63) is 62.1 Å². The number of fused-ring (bicyclic) bond motifs is 1. The molecule has 0 spiro atoms. The number of nitrogens with zero attached hydrogens (tertiary/aromatic N) is 5. The minimum Gasteiger partial charge on any atom is -0.467 e. The van der Waals surface area contributed by atoms with E-state index < -0.39 is 4.92 Å². The van der Waals surface area contributed by atoms with Crippen LogP contribution in [0.3, 0.4) is 0 Å². The number of halogens is 1. The van der Waals surface area contributed by atoms with Crippen molar-refractivity contribution in [3.8, 4) is 17.1 Å². The van der Waals surface area contributed by atoms with Crippen LogP contribution >= 0.6 is 15.9 Å². The number of rotatable bonds is 4. The maximum atomic E-state index is 11.2. The van der Waals surface area contributed by atoms with Crippen LogP contribution in [0.4, 0.5) is 5.69 Å². The van der Waals surface area contributed by atoms with Gasteiger partial charge < -0.3 is 9.47 Å². The first-order valence-corrected chi connectivity index (χ1v) is 8.44. The van der Waals surface area contributed by atoms with E-state index in [1.54, 1.807) is 0 Å². The van der Waals surface area contributed by atoms with Gasteiger partial charge in [-0.25, -0.2) is 0 Å². The molecule has 0 fully saturated rings. The summed E-state index contributed by atoms with van der Waals surface area (Å²) in [6.07, 6.45) is 0. The Morgan fingerprint density at radius 1 is 1.27 bits per heavy atom. The van der Waals surface area contributed by atoms with E-state index in [2.05, 4.69) is 31.3 Å². The highest BCUT2D eigenvalue weighted by Crippen LogP contribution is 2.33. The number of nitro benzene ring substituents is 1. The number of ether oxygens (including phenoxy) is 2. The van der Waals surface area contributed by atoms with E-state index in [0.717, 1.165) is 10.0 Å². The molecule has 132 valence electrons. The molecule has 1 aromatic heterocycles. The molecule has 2 aromatic carbocycles. The zero-order chi connectivity index (χ0) is 18.1. The molecule has 0 unspecified atom stereocenters. The average Bonchev–Trinajstić information content (AvgIpc) is 3.10. The van der Waals surface area contributed by atoms with Crippen LogP contribution in [0.15, 0.2) is 40.9 Å². The highest BCUT2D eigenvalue weighted by molar-refractivity contribution is 9.10. The van der Waals surface area contributed by atoms with Gasteiger partial charge in [0, 0.05) is 33.3 Å². The second-order valence-electron chi connectivity index (χ2n) is 5.61. The normalized spacial score (nSPS) is 13.1. The van der Waals surface area contributed by atoms with E-state index in [0.29, 0.717) is 22.7 Å². The van der Waals surface area contributed by atoms with Crippen molar-refractivity contribution < 1.29 is 14.4 Å². The highest BCUT2D eigenvalue weighted by atomic mass is 79.9. The molecule has 0 saturated heterocycles. The summed E-state index contributed by atoms with van der Waals surface area (Å²) < 4.78 is 11.7. The number of benzene rings is 2. The zero-order valence-corrected chi connectivity index (χ0v) is 14.9. The standard InChI is InChI=1S/C16H12BrN5O4/c17-13-3-1-10(2-4-13)16-18-20-21(19-16)7-11-5-14(22(23)24)6-12-8-25-9-26-15(11)12/h1-6H,7-9H2. The molecule has 0 aliphatic carbocycles. The summed E-state index contributed by atoms with van der Waals surface area (Å²) in [5.74, 6) is 1.05. The molecular formula is C16H12BrN5O4. The van der Waals surface area contributed by atoms with Crippen molar-refractivity contribution in [1.82, 2.24) is 20.2 Å². The Kier molecular flexibility index (Phi) is 4.35. The lowest BCUT2D eigenvalue weighted by molar-refractivity contribution is -0.385. The minimum absolute atomic E-state index is 0.0268. The molecule has 26 heavy (non-hydrogen) atoms. The molecule has 1 aliphatic rings. The molecule has 0 N–H and O–H groups in total. The van der Waals surface area contributed by atoms with Crippen molar-refractivity contribution >= 4 is 21.6 Å². The number of hydrogen-bond donors (Lipinski definition) is 0. The van der Waals surface area contributed by atoms with Crippen LogP contribution in [0.1, 0.15) is 11.1 Å². The molecule has 9 nitrogen and oxygen atoms in total. The summed E-state index contributed by atoms with van der Waals surface area (Å²) in [4.78, 5) is 12.1. The van der Waals surface area contributed by atoms with Gasteiger partial charge in [0.1, 0.15) is 5.75 Å². The van der Waals surface area contributed by atoms with Gasteiger partial charge in [-0.1, -0.05) is 15.9 Å². The molecule has 2 heterocycles. The molecule has 0 saturated carbocycles. The first-order chi connectivity index (χ1) is 12.6. The van der Waals surface area contributed by atoms with Crippen molar-refractivity contribution in [2.45, 2.75) is 13.2 Å².